The number of aromatic nitrogens is 4. The number of rotatable bonds is 4. The van der Waals surface area contributed by atoms with E-state index in [1.165, 1.54) is 25.3 Å². The van der Waals surface area contributed by atoms with Crippen LogP contribution in [-0.2, 0) is 0 Å². The Kier molecular flexibility index (Phi) is 5.59. The van der Waals surface area contributed by atoms with Gasteiger partial charge in [0.15, 0.2) is 17.5 Å². The van der Waals surface area contributed by atoms with E-state index in [1.807, 2.05) is 18.3 Å². The van der Waals surface area contributed by atoms with Crippen LogP contribution in [-0.4, -0.2) is 32.6 Å². The van der Waals surface area contributed by atoms with Gasteiger partial charge in [0.25, 0.3) is 5.56 Å². The average molecular weight is 435 g/mol. The molecule has 4 heterocycles. The van der Waals surface area contributed by atoms with Crippen molar-refractivity contribution < 1.29 is 4.39 Å². The first-order valence-electron chi connectivity index (χ1n) is 11.4. The molecule has 0 radical (unpaired) electrons. The maximum absolute atomic E-state index is 14.9. The van der Waals surface area contributed by atoms with E-state index in [2.05, 4.69) is 19.9 Å². The van der Waals surface area contributed by atoms with Gasteiger partial charge < -0.3 is 15.2 Å². The maximum Gasteiger partial charge on any atom is 0.250 e. The van der Waals surface area contributed by atoms with Crippen molar-refractivity contribution in [2.45, 2.75) is 51.0 Å². The zero-order chi connectivity index (χ0) is 22.1. The molecule has 5 rings (SSSR count). The Hall–Kier alpha value is -3.29. The highest BCUT2D eigenvalue weighted by Crippen LogP contribution is 2.31. The Bertz CT molecular complexity index is 1160. The van der Waals surface area contributed by atoms with Crippen molar-refractivity contribution >= 4 is 11.5 Å². The number of hydrogen-bond donors (Lipinski definition) is 1. The smallest absolute Gasteiger partial charge is 0.250 e. The van der Waals surface area contributed by atoms with Gasteiger partial charge in [-0.3, -0.25) is 9.78 Å². The molecule has 2 aliphatic rings. The minimum atomic E-state index is -0.685. The first kappa shape index (κ1) is 20.6. The van der Waals surface area contributed by atoms with Gasteiger partial charge in [-0.25, -0.2) is 14.4 Å². The summed E-state index contributed by atoms with van der Waals surface area (Å²) < 4.78 is 16.6. The summed E-state index contributed by atoms with van der Waals surface area (Å²) in [6.45, 7) is 2.06. The van der Waals surface area contributed by atoms with Crippen LogP contribution in [0.3, 0.4) is 0 Å². The van der Waals surface area contributed by atoms with Crippen molar-refractivity contribution in [1.82, 2.24) is 19.5 Å². The van der Waals surface area contributed by atoms with Gasteiger partial charge in [-0.05, 0) is 50.3 Å². The number of halogens is 1. The summed E-state index contributed by atoms with van der Waals surface area (Å²) in [5.41, 5.74) is 8.00. The molecule has 32 heavy (non-hydrogen) atoms. The van der Waals surface area contributed by atoms with E-state index in [0.29, 0.717) is 11.3 Å². The molecule has 0 atom stereocenters. The number of piperidine rings is 1. The summed E-state index contributed by atoms with van der Waals surface area (Å²) in [5.74, 6) is -0.649. The van der Waals surface area contributed by atoms with Crippen molar-refractivity contribution in [2.75, 3.05) is 23.7 Å². The third-order valence-corrected chi connectivity index (χ3v) is 6.50. The van der Waals surface area contributed by atoms with E-state index in [9.17, 15) is 9.18 Å². The molecule has 3 aromatic heterocycles. The number of nitrogens with two attached hydrogens (primary N) is 1. The molecule has 0 amide bonds. The topological polar surface area (TPSA) is 89.9 Å². The fourth-order valence-electron chi connectivity index (χ4n) is 4.74. The third kappa shape index (κ3) is 3.97. The molecule has 0 bridgehead atoms. The highest BCUT2D eigenvalue weighted by atomic mass is 19.1. The zero-order valence-electron chi connectivity index (χ0n) is 18.0. The second kappa shape index (κ2) is 8.68. The lowest BCUT2D eigenvalue weighted by atomic mass is 10.1. The predicted octanol–water partition coefficient (Wildman–Crippen LogP) is 4.19. The highest BCUT2D eigenvalue weighted by molar-refractivity contribution is 5.66. The van der Waals surface area contributed by atoms with E-state index in [-0.39, 0.29) is 28.9 Å². The minimum absolute atomic E-state index is 0.0844. The second-order valence-electron chi connectivity index (χ2n) is 8.65. The molecule has 166 valence electrons. The van der Waals surface area contributed by atoms with Crippen molar-refractivity contribution in [2.24, 2.45) is 0 Å². The molecule has 7 nitrogen and oxygen atoms in total. The van der Waals surface area contributed by atoms with Gasteiger partial charge in [-0.15, -0.1) is 0 Å². The Morgan fingerprint density at radius 1 is 0.969 bits per heavy atom. The fraction of sp³-hybridized carbons (Fsp3) is 0.417. The quantitative estimate of drug-likeness (QED) is 0.662. The first-order chi connectivity index (χ1) is 15.6. The number of anilines is 2. The van der Waals surface area contributed by atoms with Crippen LogP contribution in [0.5, 0.6) is 0 Å². The lowest BCUT2D eigenvalue weighted by Gasteiger charge is -2.28. The lowest BCUT2D eigenvalue weighted by Crippen LogP contribution is -2.29. The zero-order valence-corrected chi connectivity index (χ0v) is 18.0. The third-order valence-electron chi connectivity index (χ3n) is 6.50. The molecular weight excluding hydrogens is 407 g/mol. The van der Waals surface area contributed by atoms with Gasteiger partial charge in [0, 0.05) is 37.0 Å². The standard InChI is InChI=1S/C24H27FN6O/c25-21-22(16-8-11-20(32)31(15-16)17-6-2-3-7-17)28-24(29-23(21)26)19-10-9-18(14-27-19)30-12-4-1-5-13-30/h8-11,14-15,17H,1-7,12-13H2,(H2,26,28,29). The van der Waals surface area contributed by atoms with Crippen LogP contribution < -0.4 is 16.2 Å². The predicted molar refractivity (Wildman–Crippen MR) is 123 cm³/mol. The van der Waals surface area contributed by atoms with E-state index < -0.39 is 5.82 Å². The van der Waals surface area contributed by atoms with Gasteiger partial charge >= 0.3 is 0 Å². The van der Waals surface area contributed by atoms with Crippen LogP contribution >= 0.6 is 0 Å². The van der Waals surface area contributed by atoms with Crippen LogP contribution in [0.2, 0.25) is 0 Å². The molecule has 3 aromatic rings. The second-order valence-corrected chi connectivity index (χ2v) is 8.65. The lowest BCUT2D eigenvalue weighted by molar-refractivity contribution is 0.503. The highest BCUT2D eigenvalue weighted by Gasteiger charge is 2.21. The molecule has 0 spiro atoms. The average Bonchev–Trinajstić information content (AvgIpc) is 3.37. The summed E-state index contributed by atoms with van der Waals surface area (Å²) in [6.07, 6.45) is 11.2. The van der Waals surface area contributed by atoms with Crippen molar-refractivity contribution in [3.05, 3.63) is 52.8 Å². The number of hydrogen-bond acceptors (Lipinski definition) is 6. The van der Waals surface area contributed by atoms with Crippen molar-refractivity contribution in [1.29, 1.82) is 0 Å². The number of nitrogens with zero attached hydrogens (tertiary/aromatic N) is 5. The Labute approximate surface area is 186 Å². The van der Waals surface area contributed by atoms with Gasteiger partial charge in [-0.1, -0.05) is 12.8 Å². The Balaban J connectivity index is 1.50. The van der Waals surface area contributed by atoms with Crippen LogP contribution in [0.15, 0.2) is 41.5 Å². The molecule has 8 heteroatoms. The molecule has 1 aliphatic heterocycles. The molecule has 0 unspecified atom stereocenters. The summed E-state index contributed by atoms with van der Waals surface area (Å²) in [7, 11) is 0. The maximum atomic E-state index is 14.9. The molecule has 1 saturated heterocycles. The van der Waals surface area contributed by atoms with E-state index >= 15 is 0 Å². The monoisotopic (exact) mass is 434 g/mol. The summed E-state index contributed by atoms with van der Waals surface area (Å²) >= 11 is 0. The number of pyridine rings is 2. The fourth-order valence-corrected chi connectivity index (χ4v) is 4.74. The van der Waals surface area contributed by atoms with E-state index in [0.717, 1.165) is 44.5 Å². The van der Waals surface area contributed by atoms with Gasteiger partial charge in [0.1, 0.15) is 11.4 Å². The molecule has 2 fully saturated rings. The van der Waals surface area contributed by atoms with Crippen molar-refractivity contribution in [3.63, 3.8) is 0 Å². The first-order valence-corrected chi connectivity index (χ1v) is 11.4. The SMILES string of the molecule is Nc1nc(-c2ccc(N3CCCCC3)cn2)nc(-c2ccc(=O)n(C3CCCC3)c2)c1F. The van der Waals surface area contributed by atoms with Crippen molar-refractivity contribution in [3.8, 4) is 22.8 Å². The van der Waals surface area contributed by atoms with Crippen LogP contribution in [0.1, 0.15) is 51.0 Å². The number of nitrogen functional groups attached to an aromatic ring is 1. The molecule has 1 saturated carbocycles. The summed E-state index contributed by atoms with van der Waals surface area (Å²) in [4.78, 5) is 27.8. The van der Waals surface area contributed by atoms with Gasteiger partial charge in [0.2, 0.25) is 0 Å². The van der Waals surface area contributed by atoms with E-state index in [4.69, 9.17) is 5.73 Å². The van der Waals surface area contributed by atoms with Gasteiger partial charge in [-0.2, -0.15) is 0 Å². The van der Waals surface area contributed by atoms with E-state index in [1.54, 1.807) is 16.8 Å². The normalized spacial score (nSPS) is 17.1. The molecule has 2 N–H and O–H groups in total. The largest absolute Gasteiger partial charge is 0.381 e. The minimum Gasteiger partial charge on any atom is -0.381 e. The van der Waals surface area contributed by atoms with Crippen LogP contribution in [0, 0.1) is 5.82 Å². The summed E-state index contributed by atoms with van der Waals surface area (Å²) in [6, 6.07) is 7.05. The molecule has 0 aromatic carbocycles. The molecular formula is C24H27FN6O. The Morgan fingerprint density at radius 2 is 1.75 bits per heavy atom. The molecule has 1 aliphatic carbocycles. The summed E-state index contributed by atoms with van der Waals surface area (Å²) in [5, 5.41) is 0. The Morgan fingerprint density at radius 3 is 2.47 bits per heavy atom. The van der Waals surface area contributed by atoms with Crippen LogP contribution in [0.4, 0.5) is 15.9 Å². The van der Waals surface area contributed by atoms with Gasteiger partial charge in [0.05, 0.1) is 11.9 Å². The van der Waals surface area contributed by atoms with Crippen LogP contribution in [0.25, 0.3) is 22.8 Å².